The summed E-state index contributed by atoms with van der Waals surface area (Å²) in [6.45, 7) is 3.69. The van der Waals surface area contributed by atoms with Gasteiger partial charge < -0.3 is 90.6 Å². The van der Waals surface area contributed by atoms with Crippen molar-refractivity contribution in [1.82, 2.24) is 0 Å². The number of likely N-dealkylation sites (N-methyl/N-ethyl adjacent to an activating group) is 2. The Morgan fingerprint density at radius 3 is 1.34 bits per heavy atom. The van der Waals surface area contributed by atoms with Gasteiger partial charge in [-0.15, -0.1) is 0 Å². The molecule has 71 heavy (non-hydrogen) atoms. The van der Waals surface area contributed by atoms with E-state index < -0.39 is 11.9 Å². The molecule has 0 saturated carbocycles. The van der Waals surface area contributed by atoms with Crippen LogP contribution in [0.25, 0.3) is 0 Å². The lowest BCUT2D eigenvalue weighted by Gasteiger charge is -2.46. The molecule has 0 unspecified atom stereocenters. The molecule has 0 N–H and O–H groups in total. The van der Waals surface area contributed by atoms with Gasteiger partial charge in [-0.3, -0.25) is 0 Å². The largest absolute Gasteiger partial charge is 1.00 e. The van der Waals surface area contributed by atoms with Crippen LogP contribution in [0.2, 0.25) is 0 Å². The van der Waals surface area contributed by atoms with Gasteiger partial charge in [-0.1, -0.05) is 11.6 Å². The summed E-state index contributed by atoms with van der Waals surface area (Å²) >= 11 is 6.35. The van der Waals surface area contributed by atoms with E-state index in [9.17, 15) is 9.59 Å². The van der Waals surface area contributed by atoms with Gasteiger partial charge >= 0.3 is 11.9 Å². The standard InChI is InChI=1S/C52H63ClN2O14.2ClH/c1-54(15-11-34-25-41-43(68-30-66-41)27-36(34)39(54)19-32-21-45(58-3)50(62-7)46(22-32)59-4)13-9-17-64-49(56)29-38(53)52(57)65-18-10-14-55(2)16-12-35-26-42-44(69-31-67-42)28-37(35)40(55)20-33-23-47(60-5)51(63-8)48(24-33)61-6;;/h21-29,39-40H,9-20,30-31H2,1-8H3;2*1H/q+2;;/p-2/b38-29-;;/t39-,40-,54-,55-;;/m1../s1. The highest BCUT2D eigenvalue weighted by Gasteiger charge is 2.42. The maximum atomic E-state index is 13.1. The van der Waals surface area contributed by atoms with E-state index in [1.165, 1.54) is 22.3 Å². The second kappa shape index (κ2) is 23.7. The maximum Gasteiger partial charge on any atom is 0.350 e. The number of fused-ring (bicyclic) bond motifs is 4. The number of benzene rings is 4. The lowest BCUT2D eigenvalue weighted by molar-refractivity contribution is -0.941. The van der Waals surface area contributed by atoms with E-state index in [2.05, 4.69) is 38.4 Å². The molecule has 19 heteroatoms. The van der Waals surface area contributed by atoms with E-state index in [0.717, 1.165) is 66.1 Å². The van der Waals surface area contributed by atoms with Crippen LogP contribution in [0.3, 0.4) is 0 Å². The fraction of sp³-hybridized carbons (Fsp3) is 0.462. The number of esters is 2. The molecule has 0 fully saturated rings. The van der Waals surface area contributed by atoms with Crippen LogP contribution in [-0.4, -0.2) is 131 Å². The van der Waals surface area contributed by atoms with Crippen molar-refractivity contribution in [2.24, 2.45) is 0 Å². The Kier molecular flexibility index (Phi) is 18.3. The number of rotatable bonds is 20. The van der Waals surface area contributed by atoms with E-state index in [1.807, 2.05) is 24.3 Å². The number of carbonyl (C=O) groups is 2. The smallest absolute Gasteiger partial charge is 0.350 e. The molecule has 0 radical (unpaired) electrons. The lowest BCUT2D eigenvalue weighted by atomic mass is 9.86. The number of hydrogen-bond donors (Lipinski definition) is 0. The summed E-state index contributed by atoms with van der Waals surface area (Å²) in [6.07, 6.45) is 5.09. The number of carbonyl (C=O) groups excluding carboxylic acids is 2. The second-order valence-corrected chi connectivity index (χ2v) is 18.6. The van der Waals surface area contributed by atoms with Gasteiger partial charge in [0.1, 0.15) is 17.1 Å². The van der Waals surface area contributed by atoms with E-state index in [4.69, 9.17) is 68.4 Å². The van der Waals surface area contributed by atoms with Crippen molar-refractivity contribution < 1.29 is 100 Å². The Morgan fingerprint density at radius 1 is 0.577 bits per heavy atom. The molecule has 0 spiro atoms. The van der Waals surface area contributed by atoms with Crippen LogP contribution in [0.15, 0.2) is 59.6 Å². The van der Waals surface area contributed by atoms with Gasteiger partial charge in [-0.05, 0) is 70.8 Å². The summed E-state index contributed by atoms with van der Waals surface area (Å²) in [4.78, 5) is 26.1. The molecule has 0 aromatic heterocycles. The average molecular weight is 1050 g/mol. The van der Waals surface area contributed by atoms with Gasteiger partial charge in [0.2, 0.25) is 25.1 Å². The molecular weight excluding hydrogens is 983 g/mol. The molecule has 0 amide bonds. The fourth-order valence-electron chi connectivity index (χ4n) is 10.4. The molecule has 4 aliphatic rings. The topological polar surface area (TPSA) is 145 Å². The zero-order valence-electron chi connectivity index (χ0n) is 41.5. The summed E-state index contributed by atoms with van der Waals surface area (Å²) in [6, 6.07) is 16.3. The van der Waals surface area contributed by atoms with Crippen molar-refractivity contribution >= 4 is 23.5 Å². The summed E-state index contributed by atoms with van der Waals surface area (Å²) in [5, 5.41) is -0.348. The van der Waals surface area contributed by atoms with Crippen LogP contribution >= 0.6 is 11.6 Å². The van der Waals surface area contributed by atoms with Crippen molar-refractivity contribution in [1.29, 1.82) is 0 Å². The molecule has 0 aliphatic carbocycles. The third-order valence-corrected chi connectivity index (χ3v) is 14.4. The normalized spacial score (nSPS) is 20.3. The minimum absolute atomic E-state index is 0. The lowest BCUT2D eigenvalue weighted by Crippen LogP contribution is -3.00. The number of halogens is 3. The van der Waals surface area contributed by atoms with Gasteiger partial charge in [0.25, 0.3) is 0 Å². The SMILES string of the molecule is COc1cc(C[C@@H]2c3cc4c(cc3CC[N@@+]2(C)CCCOC(=O)/C=C(\Cl)C(=O)OCCC[N@+]2(C)CCc3cc5c(cc3[C@H]2Cc2cc(OC)c(OC)c(OC)c2)OCO5)OCO4)cc(OC)c1OC.[Cl-].[Cl-]. The number of hydrogen-bond acceptors (Lipinski definition) is 14. The first kappa shape index (κ1) is 54.7. The molecule has 4 aromatic carbocycles. The van der Waals surface area contributed by atoms with Crippen molar-refractivity contribution in [3.63, 3.8) is 0 Å². The minimum Gasteiger partial charge on any atom is -1.00 e. The Hall–Kier alpha value is -5.65. The van der Waals surface area contributed by atoms with Gasteiger partial charge in [0.15, 0.2) is 46.0 Å². The third-order valence-electron chi connectivity index (χ3n) is 14.1. The molecule has 386 valence electrons. The summed E-state index contributed by atoms with van der Waals surface area (Å²) in [5.74, 6) is 4.84. The molecule has 4 heterocycles. The van der Waals surface area contributed by atoms with E-state index >= 15 is 0 Å². The van der Waals surface area contributed by atoms with Crippen LogP contribution in [-0.2, 0) is 44.7 Å². The molecule has 0 saturated heterocycles. The predicted molar refractivity (Wildman–Crippen MR) is 255 cm³/mol. The fourth-order valence-corrected chi connectivity index (χ4v) is 10.5. The van der Waals surface area contributed by atoms with Crippen molar-refractivity contribution in [2.75, 3.05) is 110 Å². The Morgan fingerprint density at radius 2 is 0.958 bits per heavy atom. The van der Waals surface area contributed by atoms with Crippen molar-refractivity contribution in [3.05, 3.63) is 93.0 Å². The first-order valence-corrected chi connectivity index (χ1v) is 23.5. The Labute approximate surface area is 432 Å². The summed E-state index contributed by atoms with van der Waals surface area (Å²) in [7, 11) is 14.1. The van der Waals surface area contributed by atoms with Crippen molar-refractivity contribution in [3.8, 4) is 57.5 Å². The van der Waals surface area contributed by atoms with Gasteiger partial charge in [0.05, 0.1) is 96.1 Å². The molecular formula is C52H63Cl3N2O14. The molecule has 8 rings (SSSR count). The highest BCUT2D eigenvalue weighted by Crippen LogP contribution is 2.48. The van der Waals surface area contributed by atoms with Crippen LogP contribution in [0, 0.1) is 0 Å². The monoisotopic (exact) mass is 1040 g/mol. The van der Waals surface area contributed by atoms with Gasteiger partial charge in [-0.25, -0.2) is 9.59 Å². The Balaban J connectivity index is 0.00000413. The number of methoxy groups -OCH3 is 6. The molecule has 4 atom stereocenters. The predicted octanol–water partition coefficient (Wildman–Crippen LogP) is 1.47. The molecule has 0 bridgehead atoms. The Bertz CT molecular complexity index is 2550. The first-order valence-electron chi connectivity index (χ1n) is 23.2. The van der Waals surface area contributed by atoms with Crippen LogP contribution < -0.4 is 72.2 Å². The van der Waals surface area contributed by atoms with Gasteiger partial charge in [0, 0.05) is 55.7 Å². The summed E-state index contributed by atoms with van der Waals surface area (Å²) < 4.78 is 69.6. The van der Waals surface area contributed by atoms with E-state index in [1.54, 1.807) is 42.7 Å². The maximum absolute atomic E-state index is 13.1. The number of ether oxygens (including phenoxy) is 12. The van der Waals surface area contributed by atoms with E-state index in [-0.39, 0.29) is 68.7 Å². The van der Waals surface area contributed by atoms with E-state index in [0.29, 0.717) is 82.2 Å². The average Bonchev–Trinajstić information content (AvgIpc) is 4.03. The highest BCUT2D eigenvalue weighted by atomic mass is 35.5. The molecule has 4 aromatic rings. The number of quaternary nitrogens is 2. The first-order chi connectivity index (χ1) is 33.3. The number of nitrogens with zero attached hydrogens (tertiary/aromatic N) is 2. The minimum atomic E-state index is -0.789. The molecule has 4 aliphatic heterocycles. The quantitative estimate of drug-likeness (QED) is 0.0546. The van der Waals surface area contributed by atoms with Crippen molar-refractivity contribution in [2.45, 2.75) is 50.6 Å². The summed E-state index contributed by atoms with van der Waals surface area (Å²) in [5.41, 5.74) is 6.79. The van der Waals surface area contributed by atoms with Gasteiger partial charge in [-0.2, -0.15) is 0 Å². The molecule has 16 nitrogen and oxygen atoms in total. The van der Waals surface area contributed by atoms with Crippen LogP contribution in [0.5, 0.6) is 57.5 Å². The zero-order valence-corrected chi connectivity index (χ0v) is 43.8. The van der Waals surface area contributed by atoms with Crippen LogP contribution in [0.4, 0.5) is 0 Å². The second-order valence-electron chi connectivity index (χ2n) is 18.2. The zero-order chi connectivity index (χ0) is 48.9. The highest BCUT2D eigenvalue weighted by molar-refractivity contribution is 6.42. The third kappa shape index (κ3) is 11.7. The van der Waals surface area contributed by atoms with Crippen LogP contribution in [0.1, 0.15) is 58.3 Å².